The Morgan fingerprint density at radius 1 is 1.58 bits per heavy atom. The molecule has 2 rings (SSSR count). The summed E-state index contributed by atoms with van der Waals surface area (Å²) < 4.78 is 0. The number of anilines is 2. The van der Waals surface area contributed by atoms with E-state index in [0.717, 1.165) is 37.6 Å². The van der Waals surface area contributed by atoms with Crippen molar-refractivity contribution >= 4 is 17.4 Å². The first-order valence-electron chi connectivity index (χ1n) is 6.76. The van der Waals surface area contributed by atoms with Crippen molar-refractivity contribution in [3.63, 3.8) is 0 Å². The lowest BCUT2D eigenvalue weighted by Gasteiger charge is -2.24. The molecule has 1 atom stereocenters. The molecule has 1 aromatic heterocycles. The molecule has 0 aromatic carbocycles. The predicted octanol–water partition coefficient (Wildman–Crippen LogP) is 1.48. The second kappa shape index (κ2) is 5.47. The minimum Gasteiger partial charge on any atom is -0.370 e. The van der Waals surface area contributed by atoms with Gasteiger partial charge in [-0.1, -0.05) is 0 Å². The average Bonchev–Trinajstić information content (AvgIpc) is 2.82. The molecule has 104 valence electrons. The molecule has 1 saturated heterocycles. The maximum atomic E-state index is 11.9. The number of nitrogens with zero attached hydrogens (tertiary/aromatic N) is 2. The summed E-state index contributed by atoms with van der Waals surface area (Å²) in [6.07, 6.45) is 2.69. The Morgan fingerprint density at radius 3 is 3.05 bits per heavy atom. The SMILES string of the molecule is CCNc1cc(N2CCC(C)(C(=O)NC)C2)ccn1. The third kappa shape index (κ3) is 2.80. The summed E-state index contributed by atoms with van der Waals surface area (Å²) in [5, 5.41) is 5.97. The highest BCUT2D eigenvalue weighted by Gasteiger charge is 2.39. The molecule has 5 nitrogen and oxygen atoms in total. The van der Waals surface area contributed by atoms with Crippen LogP contribution in [0.25, 0.3) is 0 Å². The Kier molecular flexibility index (Phi) is 3.93. The maximum absolute atomic E-state index is 11.9. The first-order chi connectivity index (χ1) is 9.09. The van der Waals surface area contributed by atoms with E-state index in [-0.39, 0.29) is 11.3 Å². The molecule has 0 aliphatic carbocycles. The van der Waals surface area contributed by atoms with Gasteiger partial charge in [-0.2, -0.15) is 0 Å². The van der Waals surface area contributed by atoms with Crippen molar-refractivity contribution in [3.8, 4) is 0 Å². The van der Waals surface area contributed by atoms with Gasteiger partial charge >= 0.3 is 0 Å². The molecule has 0 spiro atoms. The molecule has 0 radical (unpaired) electrons. The molecule has 5 heteroatoms. The van der Waals surface area contributed by atoms with Gasteiger partial charge in [-0.3, -0.25) is 4.79 Å². The molecule has 1 aliphatic heterocycles. The Labute approximate surface area is 114 Å². The minimum absolute atomic E-state index is 0.121. The Hall–Kier alpha value is -1.78. The third-order valence-electron chi connectivity index (χ3n) is 3.72. The van der Waals surface area contributed by atoms with Crippen LogP contribution in [0.15, 0.2) is 18.3 Å². The highest BCUT2D eigenvalue weighted by molar-refractivity contribution is 5.83. The number of aromatic nitrogens is 1. The van der Waals surface area contributed by atoms with Gasteiger partial charge in [0.05, 0.1) is 5.41 Å². The molecule has 1 aliphatic rings. The predicted molar refractivity (Wildman–Crippen MR) is 77.4 cm³/mol. The van der Waals surface area contributed by atoms with Crippen LogP contribution < -0.4 is 15.5 Å². The van der Waals surface area contributed by atoms with E-state index in [1.165, 1.54) is 0 Å². The van der Waals surface area contributed by atoms with Gasteiger partial charge in [0.25, 0.3) is 0 Å². The summed E-state index contributed by atoms with van der Waals surface area (Å²) in [6, 6.07) is 4.04. The summed E-state index contributed by atoms with van der Waals surface area (Å²) in [6.45, 7) is 6.58. The molecular weight excluding hydrogens is 240 g/mol. The van der Waals surface area contributed by atoms with Crippen molar-refractivity contribution in [2.24, 2.45) is 5.41 Å². The summed E-state index contributed by atoms with van der Waals surface area (Å²) in [7, 11) is 1.70. The fourth-order valence-corrected chi connectivity index (χ4v) is 2.56. The Balaban J connectivity index is 2.12. The molecule has 2 N–H and O–H groups in total. The van der Waals surface area contributed by atoms with E-state index in [2.05, 4.69) is 20.5 Å². The quantitative estimate of drug-likeness (QED) is 0.863. The van der Waals surface area contributed by atoms with Gasteiger partial charge in [0, 0.05) is 44.6 Å². The van der Waals surface area contributed by atoms with E-state index in [9.17, 15) is 4.79 Å². The number of hydrogen-bond acceptors (Lipinski definition) is 4. The van der Waals surface area contributed by atoms with Gasteiger partial charge in [-0.05, 0) is 26.3 Å². The van der Waals surface area contributed by atoms with E-state index in [1.54, 1.807) is 7.05 Å². The second-order valence-electron chi connectivity index (χ2n) is 5.24. The summed E-state index contributed by atoms with van der Waals surface area (Å²) in [5.41, 5.74) is 0.828. The van der Waals surface area contributed by atoms with Crippen LogP contribution in [-0.2, 0) is 4.79 Å². The fraction of sp³-hybridized carbons (Fsp3) is 0.571. The number of carbonyl (C=O) groups excluding carboxylic acids is 1. The maximum Gasteiger partial charge on any atom is 0.227 e. The molecule has 1 aromatic rings. The van der Waals surface area contributed by atoms with Crippen LogP contribution in [0.1, 0.15) is 20.3 Å². The van der Waals surface area contributed by atoms with E-state index in [0.29, 0.717) is 0 Å². The molecule has 19 heavy (non-hydrogen) atoms. The molecule has 2 heterocycles. The zero-order chi connectivity index (χ0) is 13.9. The van der Waals surface area contributed by atoms with Gasteiger partial charge in [0.15, 0.2) is 0 Å². The molecule has 1 fully saturated rings. The molecular formula is C14H22N4O. The fourth-order valence-electron chi connectivity index (χ4n) is 2.56. The minimum atomic E-state index is -0.295. The van der Waals surface area contributed by atoms with Crippen molar-refractivity contribution < 1.29 is 4.79 Å². The number of amides is 1. The van der Waals surface area contributed by atoms with Crippen LogP contribution in [0.4, 0.5) is 11.5 Å². The molecule has 0 saturated carbocycles. The van der Waals surface area contributed by atoms with Crippen molar-refractivity contribution in [1.29, 1.82) is 0 Å². The highest BCUT2D eigenvalue weighted by Crippen LogP contribution is 2.33. The van der Waals surface area contributed by atoms with Crippen LogP contribution >= 0.6 is 0 Å². The first kappa shape index (κ1) is 13.6. The van der Waals surface area contributed by atoms with E-state index >= 15 is 0 Å². The zero-order valence-corrected chi connectivity index (χ0v) is 11.9. The van der Waals surface area contributed by atoms with Gasteiger partial charge < -0.3 is 15.5 Å². The second-order valence-corrected chi connectivity index (χ2v) is 5.24. The number of carbonyl (C=O) groups is 1. The summed E-state index contributed by atoms with van der Waals surface area (Å²) in [5.74, 6) is 1.00. The number of nitrogens with one attached hydrogen (secondary N) is 2. The van der Waals surface area contributed by atoms with E-state index in [1.807, 2.05) is 32.2 Å². The Bertz CT molecular complexity index is 463. The highest BCUT2D eigenvalue weighted by atomic mass is 16.2. The van der Waals surface area contributed by atoms with E-state index < -0.39 is 0 Å². The standard InChI is InChI=1S/C14H22N4O/c1-4-16-12-9-11(5-7-17-12)18-8-6-14(2,10-18)13(19)15-3/h5,7,9H,4,6,8,10H2,1-3H3,(H,15,19)(H,16,17). The van der Waals surface area contributed by atoms with E-state index in [4.69, 9.17) is 0 Å². The van der Waals surface area contributed by atoms with Gasteiger partial charge in [-0.15, -0.1) is 0 Å². The van der Waals surface area contributed by atoms with Crippen LogP contribution in [0.5, 0.6) is 0 Å². The van der Waals surface area contributed by atoms with Crippen molar-refractivity contribution in [3.05, 3.63) is 18.3 Å². The third-order valence-corrected chi connectivity index (χ3v) is 3.72. The van der Waals surface area contributed by atoms with Crippen molar-refractivity contribution in [1.82, 2.24) is 10.3 Å². The number of hydrogen-bond donors (Lipinski definition) is 2. The van der Waals surface area contributed by atoms with Gasteiger partial charge in [0.2, 0.25) is 5.91 Å². The van der Waals surface area contributed by atoms with Crippen molar-refractivity contribution in [2.45, 2.75) is 20.3 Å². The largest absolute Gasteiger partial charge is 0.370 e. The lowest BCUT2D eigenvalue weighted by molar-refractivity contribution is -0.128. The first-order valence-corrected chi connectivity index (χ1v) is 6.76. The van der Waals surface area contributed by atoms with Crippen LogP contribution in [-0.4, -0.2) is 37.6 Å². The van der Waals surface area contributed by atoms with Crippen LogP contribution in [0, 0.1) is 5.41 Å². The van der Waals surface area contributed by atoms with Gasteiger partial charge in [0.1, 0.15) is 5.82 Å². The average molecular weight is 262 g/mol. The van der Waals surface area contributed by atoms with Crippen LogP contribution in [0.2, 0.25) is 0 Å². The smallest absolute Gasteiger partial charge is 0.227 e. The zero-order valence-electron chi connectivity index (χ0n) is 11.9. The topological polar surface area (TPSA) is 57.3 Å². The molecule has 1 unspecified atom stereocenters. The lowest BCUT2D eigenvalue weighted by atomic mass is 9.89. The lowest BCUT2D eigenvalue weighted by Crippen LogP contribution is -2.39. The number of rotatable bonds is 4. The van der Waals surface area contributed by atoms with Gasteiger partial charge in [-0.25, -0.2) is 4.98 Å². The summed E-state index contributed by atoms with van der Waals surface area (Å²) >= 11 is 0. The van der Waals surface area contributed by atoms with Crippen molar-refractivity contribution in [2.75, 3.05) is 36.9 Å². The Morgan fingerprint density at radius 2 is 2.37 bits per heavy atom. The summed E-state index contributed by atoms with van der Waals surface area (Å²) in [4.78, 5) is 18.4. The molecule has 0 bridgehead atoms. The number of pyridine rings is 1. The monoisotopic (exact) mass is 262 g/mol. The molecule has 1 amide bonds. The van der Waals surface area contributed by atoms with Crippen LogP contribution in [0.3, 0.4) is 0 Å². The normalized spacial score (nSPS) is 22.4.